The molecule has 1 aliphatic rings. The molecule has 0 radical (unpaired) electrons. The van der Waals surface area contributed by atoms with Gasteiger partial charge in [-0.3, -0.25) is 4.98 Å². The minimum Gasteiger partial charge on any atom is -0.306 e. The lowest BCUT2D eigenvalue weighted by molar-refractivity contribution is 0.583. The van der Waals surface area contributed by atoms with Crippen LogP contribution in [0.2, 0.25) is 0 Å². The van der Waals surface area contributed by atoms with Gasteiger partial charge in [-0.15, -0.1) is 0 Å². The molecule has 0 aliphatic carbocycles. The molecule has 1 aromatic heterocycles. The van der Waals surface area contributed by atoms with Gasteiger partial charge in [0.05, 0.1) is 0 Å². The van der Waals surface area contributed by atoms with E-state index in [0.717, 1.165) is 19.4 Å². The van der Waals surface area contributed by atoms with E-state index >= 15 is 0 Å². The second kappa shape index (κ2) is 4.89. The lowest BCUT2D eigenvalue weighted by Gasteiger charge is -2.22. The van der Waals surface area contributed by atoms with Crippen LogP contribution in [0.1, 0.15) is 12.0 Å². The van der Waals surface area contributed by atoms with Gasteiger partial charge in [0, 0.05) is 25.0 Å². The predicted octanol–water partition coefficient (Wildman–Crippen LogP) is 2.10. The molecule has 15 heavy (non-hydrogen) atoms. The molecule has 0 amide bonds. The van der Waals surface area contributed by atoms with Gasteiger partial charge in [0.2, 0.25) is 0 Å². The van der Waals surface area contributed by atoms with Gasteiger partial charge in [-0.2, -0.15) is 0 Å². The van der Waals surface area contributed by atoms with Crippen molar-refractivity contribution in [3.05, 3.63) is 54.4 Å². The Morgan fingerprint density at radius 1 is 1.40 bits per heavy atom. The highest BCUT2D eigenvalue weighted by Gasteiger charge is 2.12. The summed E-state index contributed by atoms with van der Waals surface area (Å²) < 4.78 is 0. The smallest absolute Gasteiger partial charge is 0.0317 e. The van der Waals surface area contributed by atoms with Crippen molar-refractivity contribution in [3.8, 4) is 0 Å². The number of pyridine rings is 1. The largest absolute Gasteiger partial charge is 0.306 e. The molecule has 0 bridgehead atoms. The first kappa shape index (κ1) is 10.1. The third kappa shape index (κ3) is 2.77. The summed E-state index contributed by atoms with van der Waals surface area (Å²) in [6.45, 7) is 5.12. The average Bonchev–Trinajstić information content (AvgIpc) is 2.31. The second-order valence-corrected chi connectivity index (χ2v) is 3.86. The molecule has 0 aromatic carbocycles. The van der Waals surface area contributed by atoms with E-state index in [4.69, 9.17) is 0 Å². The van der Waals surface area contributed by atoms with Crippen LogP contribution in [-0.4, -0.2) is 17.6 Å². The van der Waals surface area contributed by atoms with Crippen LogP contribution in [0.5, 0.6) is 0 Å². The Hall–Kier alpha value is -1.41. The summed E-state index contributed by atoms with van der Waals surface area (Å²) >= 11 is 0. The first-order chi connectivity index (χ1) is 7.36. The topological polar surface area (TPSA) is 24.9 Å². The van der Waals surface area contributed by atoms with Gasteiger partial charge >= 0.3 is 0 Å². The molecule has 0 fully saturated rings. The number of aromatic nitrogens is 1. The molecule has 1 aliphatic heterocycles. The summed E-state index contributed by atoms with van der Waals surface area (Å²) in [7, 11) is 0. The zero-order chi connectivity index (χ0) is 10.5. The van der Waals surface area contributed by atoms with Crippen molar-refractivity contribution in [2.75, 3.05) is 6.54 Å². The van der Waals surface area contributed by atoms with Gasteiger partial charge in [0.15, 0.2) is 0 Å². The van der Waals surface area contributed by atoms with Crippen LogP contribution in [0.25, 0.3) is 0 Å². The molecule has 0 saturated heterocycles. The molecule has 2 nitrogen and oxygen atoms in total. The quantitative estimate of drug-likeness (QED) is 0.756. The van der Waals surface area contributed by atoms with Gasteiger partial charge in [-0.25, -0.2) is 0 Å². The van der Waals surface area contributed by atoms with Gasteiger partial charge in [0.1, 0.15) is 0 Å². The Kier molecular flexibility index (Phi) is 3.30. The number of nitrogens with zero attached hydrogens (tertiary/aromatic N) is 1. The normalized spacial score (nSPS) is 20.1. The molecule has 0 spiro atoms. The highest BCUT2D eigenvalue weighted by molar-refractivity contribution is 5.22. The molecular weight excluding hydrogens is 184 g/mol. The Morgan fingerprint density at radius 3 is 2.87 bits per heavy atom. The van der Waals surface area contributed by atoms with Crippen LogP contribution in [-0.2, 0) is 6.42 Å². The molecule has 2 heterocycles. The summed E-state index contributed by atoms with van der Waals surface area (Å²) in [6, 6.07) is 4.52. The lowest BCUT2D eigenvalue weighted by Crippen LogP contribution is -2.33. The van der Waals surface area contributed by atoms with Gasteiger partial charge in [-0.05, 0) is 30.5 Å². The number of hydrogen-bond acceptors (Lipinski definition) is 2. The van der Waals surface area contributed by atoms with Crippen LogP contribution >= 0.6 is 0 Å². The minimum atomic E-state index is 0.433. The molecule has 1 N–H and O–H groups in total. The monoisotopic (exact) mass is 200 g/mol. The van der Waals surface area contributed by atoms with E-state index in [9.17, 15) is 0 Å². The molecule has 1 atom stereocenters. The van der Waals surface area contributed by atoms with E-state index in [0.29, 0.717) is 6.04 Å². The summed E-state index contributed by atoms with van der Waals surface area (Å²) in [5, 5.41) is 3.44. The van der Waals surface area contributed by atoms with Crippen molar-refractivity contribution >= 4 is 0 Å². The Morgan fingerprint density at radius 2 is 2.20 bits per heavy atom. The Labute approximate surface area is 90.7 Å². The van der Waals surface area contributed by atoms with Crippen molar-refractivity contribution in [3.63, 3.8) is 0 Å². The van der Waals surface area contributed by atoms with Crippen LogP contribution in [0, 0.1) is 0 Å². The maximum Gasteiger partial charge on any atom is 0.0317 e. The van der Waals surface area contributed by atoms with Crippen molar-refractivity contribution in [1.29, 1.82) is 0 Å². The lowest BCUT2D eigenvalue weighted by atomic mass is 9.97. The standard InChI is InChI=1S/C13H16N2/c1-11(13-4-2-3-7-15-13)10-12-5-8-14-9-6-12/h2-3,5-6,8-9,13,15H,1,4,7,10H2. The summed E-state index contributed by atoms with van der Waals surface area (Å²) in [5.74, 6) is 0. The maximum absolute atomic E-state index is 4.16. The van der Waals surface area contributed by atoms with Gasteiger partial charge < -0.3 is 5.32 Å². The highest BCUT2D eigenvalue weighted by atomic mass is 14.9. The average molecular weight is 200 g/mol. The van der Waals surface area contributed by atoms with Crippen molar-refractivity contribution in [2.45, 2.75) is 18.9 Å². The molecule has 1 aromatic rings. The van der Waals surface area contributed by atoms with E-state index in [1.807, 2.05) is 24.5 Å². The minimum absolute atomic E-state index is 0.433. The van der Waals surface area contributed by atoms with Crippen molar-refractivity contribution in [1.82, 2.24) is 10.3 Å². The second-order valence-electron chi connectivity index (χ2n) is 3.86. The SMILES string of the molecule is C=C(Cc1ccncc1)C1CC=CCN1. The first-order valence-electron chi connectivity index (χ1n) is 5.31. The fourth-order valence-electron chi connectivity index (χ4n) is 1.81. The Bertz CT molecular complexity index is 354. The number of nitrogens with one attached hydrogen (secondary N) is 1. The van der Waals surface area contributed by atoms with Crippen LogP contribution < -0.4 is 5.32 Å². The van der Waals surface area contributed by atoms with Crippen molar-refractivity contribution in [2.24, 2.45) is 0 Å². The maximum atomic E-state index is 4.16. The van der Waals surface area contributed by atoms with E-state index in [2.05, 4.69) is 29.0 Å². The molecule has 2 heteroatoms. The zero-order valence-electron chi connectivity index (χ0n) is 8.82. The molecule has 1 unspecified atom stereocenters. The Balaban J connectivity index is 1.95. The molecule has 2 rings (SSSR count). The van der Waals surface area contributed by atoms with E-state index in [1.165, 1.54) is 11.1 Å². The fourth-order valence-corrected chi connectivity index (χ4v) is 1.81. The number of hydrogen-bond donors (Lipinski definition) is 1. The summed E-state index contributed by atoms with van der Waals surface area (Å²) in [5.41, 5.74) is 2.54. The summed E-state index contributed by atoms with van der Waals surface area (Å²) in [4.78, 5) is 4.01. The zero-order valence-corrected chi connectivity index (χ0v) is 8.82. The van der Waals surface area contributed by atoms with E-state index in [1.54, 1.807) is 0 Å². The highest BCUT2D eigenvalue weighted by Crippen LogP contribution is 2.13. The van der Waals surface area contributed by atoms with Gasteiger partial charge in [-0.1, -0.05) is 24.3 Å². The summed E-state index contributed by atoms with van der Waals surface area (Å²) in [6.07, 6.45) is 10.0. The van der Waals surface area contributed by atoms with Crippen molar-refractivity contribution < 1.29 is 0 Å². The first-order valence-corrected chi connectivity index (χ1v) is 5.31. The van der Waals surface area contributed by atoms with Crippen LogP contribution in [0.3, 0.4) is 0 Å². The third-order valence-corrected chi connectivity index (χ3v) is 2.69. The van der Waals surface area contributed by atoms with Crippen LogP contribution in [0.15, 0.2) is 48.8 Å². The fraction of sp³-hybridized carbons (Fsp3) is 0.308. The van der Waals surface area contributed by atoms with Crippen LogP contribution in [0.4, 0.5) is 0 Å². The molecular formula is C13H16N2. The predicted molar refractivity (Wildman–Crippen MR) is 62.6 cm³/mol. The molecule has 78 valence electrons. The molecule has 0 saturated carbocycles. The van der Waals surface area contributed by atoms with Gasteiger partial charge in [0.25, 0.3) is 0 Å². The number of rotatable bonds is 3. The van der Waals surface area contributed by atoms with E-state index < -0.39 is 0 Å². The third-order valence-electron chi connectivity index (χ3n) is 2.69. The van der Waals surface area contributed by atoms with E-state index in [-0.39, 0.29) is 0 Å².